The number of aliphatic hydroxyl groups excluding tert-OH is 2. The Kier molecular flexibility index (Phi) is 2.62. The van der Waals surface area contributed by atoms with Crippen molar-refractivity contribution in [3.8, 4) is 0 Å². The smallest absolute Gasteiger partial charge is 0.183 e. The maximum atomic E-state index is 9.24. The van der Waals surface area contributed by atoms with Gasteiger partial charge in [-0.1, -0.05) is 0 Å². The van der Waals surface area contributed by atoms with E-state index < -0.39 is 12.4 Å². The molecule has 10 heavy (non-hydrogen) atoms. The summed E-state index contributed by atoms with van der Waals surface area (Å²) in [6.07, 6.45) is -1.24. The SMILES string of the molecule is CO[C@@H]1OC[C@@H](CO)[C@H]1O. The van der Waals surface area contributed by atoms with Gasteiger partial charge >= 0.3 is 0 Å². The average molecular weight is 148 g/mol. The molecule has 60 valence electrons. The molecule has 0 aromatic carbocycles. The molecule has 0 radical (unpaired) electrons. The lowest BCUT2D eigenvalue weighted by Gasteiger charge is -2.13. The molecule has 1 fully saturated rings. The summed E-state index contributed by atoms with van der Waals surface area (Å²) in [5.41, 5.74) is 0. The Morgan fingerprint density at radius 2 is 2.40 bits per heavy atom. The molecule has 0 aliphatic carbocycles. The molecular weight excluding hydrogens is 136 g/mol. The number of rotatable bonds is 2. The second-order valence-electron chi connectivity index (χ2n) is 2.37. The van der Waals surface area contributed by atoms with E-state index in [1.54, 1.807) is 0 Å². The molecule has 2 N–H and O–H groups in total. The molecule has 1 rings (SSSR count). The van der Waals surface area contributed by atoms with Crippen molar-refractivity contribution < 1.29 is 19.7 Å². The van der Waals surface area contributed by atoms with E-state index in [9.17, 15) is 5.11 Å². The first-order valence-corrected chi connectivity index (χ1v) is 3.23. The standard InChI is InChI=1S/C6H12O4/c1-9-6-5(8)4(2-7)3-10-6/h4-8H,2-3H2,1H3/t4-,5-,6-/m1/s1. The van der Waals surface area contributed by atoms with Gasteiger partial charge in [0, 0.05) is 13.0 Å². The highest BCUT2D eigenvalue weighted by Crippen LogP contribution is 2.19. The number of hydrogen-bond acceptors (Lipinski definition) is 4. The highest BCUT2D eigenvalue weighted by molar-refractivity contribution is 4.77. The minimum absolute atomic E-state index is 0.0545. The lowest BCUT2D eigenvalue weighted by molar-refractivity contribution is -0.133. The van der Waals surface area contributed by atoms with Gasteiger partial charge in [0.15, 0.2) is 6.29 Å². The second-order valence-corrected chi connectivity index (χ2v) is 2.37. The van der Waals surface area contributed by atoms with Crippen LogP contribution in [0.15, 0.2) is 0 Å². The van der Waals surface area contributed by atoms with Gasteiger partial charge in [0.25, 0.3) is 0 Å². The van der Waals surface area contributed by atoms with Crippen molar-refractivity contribution in [2.45, 2.75) is 12.4 Å². The zero-order valence-corrected chi connectivity index (χ0v) is 5.86. The minimum atomic E-state index is -0.685. The first kappa shape index (κ1) is 7.94. The van der Waals surface area contributed by atoms with Crippen LogP contribution in [0.25, 0.3) is 0 Å². The Bertz CT molecular complexity index is 93.9. The predicted octanol–water partition coefficient (Wildman–Crippen LogP) is -1.04. The molecule has 4 nitrogen and oxygen atoms in total. The second kappa shape index (κ2) is 3.30. The summed E-state index contributed by atoms with van der Waals surface area (Å²) in [6.45, 7) is 0.317. The molecular formula is C6H12O4. The van der Waals surface area contributed by atoms with Crippen molar-refractivity contribution in [1.82, 2.24) is 0 Å². The van der Waals surface area contributed by atoms with Gasteiger partial charge in [-0.25, -0.2) is 0 Å². The summed E-state index contributed by atoms with van der Waals surface area (Å²) in [6, 6.07) is 0. The Morgan fingerprint density at radius 3 is 2.70 bits per heavy atom. The number of hydrogen-bond donors (Lipinski definition) is 2. The van der Waals surface area contributed by atoms with Crippen LogP contribution < -0.4 is 0 Å². The van der Waals surface area contributed by atoms with Gasteiger partial charge in [-0.15, -0.1) is 0 Å². The van der Waals surface area contributed by atoms with E-state index >= 15 is 0 Å². The molecule has 1 aliphatic rings. The lowest BCUT2D eigenvalue weighted by atomic mass is 10.1. The highest BCUT2D eigenvalue weighted by Gasteiger charge is 2.35. The Morgan fingerprint density at radius 1 is 1.70 bits per heavy atom. The van der Waals surface area contributed by atoms with Gasteiger partial charge in [0.05, 0.1) is 13.2 Å². The third-order valence-electron chi connectivity index (χ3n) is 1.70. The Labute approximate surface area is 59.4 Å². The van der Waals surface area contributed by atoms with Crippen LogP contribution in [0, 0.1) is 5.92 Å². The first-order chi connectivity index (χ1) is 4.79. The van der Waals surface area contributed by atoms with Gasteiger partial charge in [-0.05, 0) is 0 Å². The minimum Gasteiger partial charge on any atom is -0.396 e. The topological polar surface area (TPSA) is 58.9 Å². The fourth-order valence-corrected chi connectivity index (χ4v) is 1.01. The molecule has 4 heteroatoms. The van der Waals surface area contributed by atoms with Crippen LogP contribution in [0.5, 0.6) is 0 Å². The summed E-state index contributed by atoms with van der Waals surface area (Å²) < 4.78 is 9.76. The van der Waals surface area contributed by atoms with Crippen LogP contribution in [0.3, 0.4) is 0 Å². The van der Waals surface area contributed by atoms with Gasteiger partial charge < -0.3 is 19.7 Å². The Hall–Kier alpha value is -0.160. The summed E-state index contributed by atoms with van der Waals surface area (Å²) in [5.74, 6) is -0.190. The third kappa shape index (κ3) is 1.29. The fourth-order valence-electron chi connectivity index (χ4n) is 1.01. The molecule has 1 heterocycles. The molecule has 1 saturated heterocycles. The van der Waals surface area contributed by atoms with E-state index in [0.717, 1.165) is 0 Å². The molecule has 3 atom stereocenters. The maximum absolute atomic E-state index is 9.24. The highest BCUT2D eigenvalue weighted by atomic mass is 16.7. The van der Waals surface area contributed by atoms with Crippen LogP contribution in [0.4, 0.5) is 0 Å². The summed E-state index contributed by atoms with van der Waals surface area (Å²) in [4.78, 5) is 0. The number of methoxy groups -OCH3 is 1. The summed E-state index contributed by atoms with van der Waals surface area (Å²) in [5, 5.41) is 17.9. The van der Waals surface area contributed by atoms with Gasteiger partial charge in [0.2, 0.25) is 0 Å². The van der Waals surface area contributed by atoms with Crippen molar-refractivity contribution in [3.63, 3.8) is 0 Å². The van der Waals surface area contributed by atoms with E-state index in [1.807, 2.05) is 0 Å². The molecule has 0 amide bonds. The van der Waals surface area contributed by atoms with Crippen molar-refractivity contribution in [1.29, 1.82) is 0 Å². The third-order valence-corrected chi connectivity index (χ3v) is 1.70. The van der Waals surface area contributed by atoms with E-state index in [2.05, 4.69) is 0 Å². The molecule has 0 aromatic heterocycles. The van der Waals surface area contributed by atoms with E-state index in [0.29, 0.717) is 6.61 Å². The van der Waals surface area contributed by atoms with E-state index in [4.69, 9.17) is 14.6 Å². The van der Waals surface area contributed by atoms with Crippen molar-refractivity contribution in [3.05, 3.63) is 0 Å². The maximum Gasteiger partial charge on any atom is 0.183 e. The molecule has 0 unspecified atom stereocenters. The monoisotopic (exact) mass is 148 g/mol. The quantitative estimate of drug-likeness (QED) is 0.525. The van der Waals surface area contributed by atoms with Crippen LogP contribution in [0.1, 0.15) is 0 Å². The summed E-state index contributed by atoms with van der Waals surface area (Å²) >= 11 is 0. The van der Waals surface area contributed by atoms with E-state index in [1.165, 1.54) is 7.11 Å². The van der Waals surface area contributed by atoms with Crippen LogP contribution in [0.2, 0.25) is 0 Å². The van der Waals surface area contributed by atoms with Crippen LogP contribution >= 0.6 is 0 Å². The zero-order valence-electron chi connectivity index (χ0n) is 5.86. The normalized spacial score (nSPS) is 40.5. The fraction of sp³-hybridized carbons (Fsp3) is 1.00. The number of ether oxygens (including phenoxy) is 2. The van der Waals surface area contributed by atoms with Crippen molar-refractivity contribution in [2.24, 2.45) is 5.92 Å². The average Bonchev–Trinajstić information content (AvgIpc) is 2.30. The molecule has 1 aliphatic heterocycles. The lowest BCUT2D eigenvalue weighted by Crippen LogP contribution is -2.29. The van der Waals surface area contributed by atoms with Crippen LogP contribution in [-0.4, -0.2) is 42.9 Å². The first-order valence-electron chi connectivity index (χ1n) is 3.23. The van der Waals surface area contributed by atoms with Crippen molar-refractivity contribution in [2.75, 3.05) is 20.3 Å². The molecule has 0 aromatic rings. The number of aliphatic hydroxyl groups is 2. The molecule has 0 spiro atoms. The zero-order chi connectivity index (χ0) is 7.56. The predicted molar refractivity (Wildman–Crippen MR) is 33.3 cm³/mol. The van der Waals surface area contributed by atoms with Gasteiger partial charge in [-0.2, -0.15) is 0 Å². The molecule has 0 bridgehead atoms. The largest absolute Gasteiger partial charge is 0.396 e. The van der Waals surface area contributed by atoms with Crippen molar-refractivity contribution >= 4 is 0 Å². The van der Waals surface area contributed by atoms with Crippen LogP contribution in [-0.2, 0) is 9.47 Å². The summed E-state index contributed by atoms with van der Waals surface area (Å²) in [7, 11) is 1.47. The van der Waals surface area contributed by atoms with Gasteiger partial charge in [0.1, 0.15) is 6.10 Å². The van der Waals surface area contributed by atoms with Gasteiger partial charge in [-0.3, -0.25) is 0 Å². The van der Waals surface area contributed by atoms with E-state index in [-0.39, 0.29) is 12.5 Å². The molecule has 0 saturated carbocycles. The Balaban J connectivity index is 2.41.